The Morgan fingerprint density at radius 2 is 2.40 bits per heavy atom. The summed E-state index contributed by atoms with van der Waals surface area (Å²) in [7, 11) is 0. The van der Waals surface area contributed by atoms with Crippen LogP contribution in [0.1, 0.15) is 23.3 Å². The van der Waals surface area contributed by atoms with Crippen molar-refractivity contribution in [2.75, 3.05) is 6.54 Å². The van der Waals surface area contributed by atoms with E-state index < -0.39 is 0 Å². The first kappa shape index (κ1) is 12.2. The molecule has 2 aromatic rings. The summed E-state index contributed by atoms with van der Waals surface area (Å²) in [6, 6.07) is 4.29. The molecule has 3 heterocycles. The van der Waals surface area contributed by atoms with Gasteiger partial charge in [0.1, 0.15) is 5.69 Å². The Kier molecular flexibility index (Phi) is 2.72. The predicted molar refractivity (Wildman–Crippen MR) is 74.8 cm³/mol. The Bertz CT molecular complexity index is 684. The molecule has 3 atom stereocenters. The van der Waals surface area contributed by atoms with Crippen LogP contribution in [0.4, 0.5) is 0 Å². The highest BCUT2D eigenvalue weighted by Crippen LogP contribution is 2.31. The van der Waals surface area contributed by atoms with Gasteiger partial charge in [-0.05, 0) is 30.9 Å². The number of aromatic nitrogens is 1. The first-order valence-electron chi connectivity index (χ1n) is 6.78. The lowest BCUT2D eigenvalue weighted by Gasteiger charge is -2.23. The van der Waals surface area contributed by atoms with Gasteiger partial charge in [0, 0.05) is 24.0 Å². The van der Waals surface area contributed by atoms with Crippen molar-refractivity contribution in [3.63, 3.8) is 0 Å². The molecule has 1 amide bonds. The van der Waals surface area contributed by atoms with Crippen molar-refractivity contribution in [1.29, 1.82) is 0 Å². The minimum absolute atomic E-state index is 0.160. The molecule has 1 saturated carbocycles. The highest BCUT2D eigenvalue weighted by molar-refractivity contribution is 6.33. The van der Waals surface area contributed by atoms with Gasteiger partial charge < -0.3 is 15.1 Å². The smallest absolute Gasteiger partial charge is 0.270 e. The second-order valence-corrected chi connectivity index (χ2v) is 5.91. The second-order valence-electron chi connectivity index (χ2n) is 5.55. The van der Waals surface area contributed by atoms with Gasteiger partial charge in [-0.25, -0.2) is 4.98 Å². The van der Waals surface area contributed by atoms with Gasteiger partial charge in [0.25, 0.3) is 5.91 Å². The predicted octanol–water partition coefficient (Wildman–Crippen LogP) is 1.96. The number of hydrogen-bond acceptors (Lipinski definition) is 4. The Morgan fingerprint density at radius 1 is 1.50 bits per heavy atom. The number of carbonyl (C=O) groups excluding carboxylic acids is 1. The number of pyridine rings is 1. The van der Waals surface area contributed by atoms with E-state index in [-0.39, 0.29) is 17.1 Å². The fourth-order valence-electron chi connectivity index (χ4n) is 3.31. The van der Waals surface area contributed by atoms with Crippen molar-refractivity contribution in [1.82, 2.24) is 15.6 Å². The third-order valence-corrected chi connectivity index (χ3v) is 4.56. The number of fused-ring (bicyclic) bond motifs is 3. The molecule has 2 aliphatic rings. The number of amides is 1. The molecule has 0 spiro atoms. The standard InChI is InChI=1S/C14H14ClN3O2/c15-13-12-7(1-2-20-12)4-11(17-13)14(19)18-10-5-9-3-8(10)6-16-9/h1-2,4,8-10,16H,3,5-6H2,(H,18,19)/t8?,9?,10-/m0/s1. The van der Waals surface area contributed by atoms with E-state index in [2.05, 4.69) is 15.6 Å². The molecule has 0 radical (unpaired) electrons. The van der Waals surface area contributed by atoms with Crippen molar-refractivity contribution in [3.05, 3.63) is 29.2 Å². The maximum absolute atomic E-state index is 12.3. The normalized spacial score (nSPS) is 28.1. The lowest BCUT2D eigenvalue weighted by molar-refractivity contribution is 0.0920. The minimum Gasteiger partial charge on any atom is -0.461 e. The Hall–Kier alpha value is -1.59. The van der Waals surface area contributed by atoms with E-state index in [1.165, 1.54) is 0 Å². The highest BCUT2D eigenvalue weighted by atomic mass is 35.5. The van der Waals surface area contributed by atoms with Crippen molar-refractivity contribution in [3.8, 4) is 0 Å². The SMILES string of the molecule is O=C(N[C@H]1CC2CC1CN2)c1cc2ccoc2c(Cl)n1. The van der Waals surface area contributed by atoms with Crippen LogP contribution >= 0.6 is 11.6 Å². The molecule has 1 saturated heterocycles. The summed E-state index contributed by atoms with van der Waals surface area (Å²) in [4.78, 5) is 16.4. The Labute approximate surface area is 120 Å². The van der Waals surface area contributed by atoms with Crippen LogP contribution in [0.15, 0.2) is 22.8 Å². The monoisotopic (exact) mass is 291 g/mol. The summed E-state index contributed by atoms with van der Waals surface area (Å²) in [5.41, 5.74) is 0.868. The van der Waals surface area contributed by atoms with Crippen LogP contribution < -0.4 is 10.6 Å². The molecular weight excluding hydrogens is 278 g/mol. The molecule has 2 unspecified atom stereocenters. The number of halogens is 1. The van der Waals surface area contributed by atoms with Crippen molar-refractivity contribution < 1.29 is 9.21 Å². The van der Waals surface area contributed by atoms with E-state index in [1.54, 1.807) is 18.4 Å². The third kappa shape index (κ3) is 1.89. The van der Waals surface area contributed by atoms with Crippen molar-refractivity contribution in [2.24, 2.45) is 5.92 Å². The number of carbonyl (C=O) groups is 1. The van der Waals surface area contributed by atoms with Gasteiger partial charge in [0.05, 0.1) is 6.26 Å². The van der Waals surface area contributed by atoms with Gasteiger partial charge in [-0.3, -0.25) is 4.79 Å². The fraction of sp³-hybridized carbons (Fsp3) is 0.429. The van der Waals surface area contributed by atoms with Crippen molar-refractivity contribution >= 4 is 28.5 Å². The van der Waals surface area contributed by atoms with Gasteiger partial charge in [0.2, 0.25) is 0 Å². The molecule has 2 bridgehead atoms. The van der Waals surface area contributed by atoms with Gasteiger partial charge in [-0.2, -0.15) is 0 Å². The van der Waals surface area contributed by atoms with Gasteiger partial charge in [0.15, 0.2) is 10.7 Å². The molecule has 104 valence electrons. The molecule has 5 nitrogen and oxygen atoms in total. The maximum Gasteiger partial charge on any atom is 0.270 e. The molecule has 2 aromatic heterocycles. The number of hydrogen-bond donors (Lipinski definition) is 2. The van der Waals surface area contributed by atoms with E-state index in [4.69, 9.17) is 16.0 Å². The summed E-state index contributed by atoms with van der Waals surface area (Å²) in [5.74, 6) is 0.379. The Morgan fingerprint density at radius 3 is 3.15 bits per heavy atom. The third-order valence-electron chi connectivity index (χ3n) is 4.31. The van der Waals surface area contributed by atoms with Gasteiger partial charge in [-0.1, -0.05) is 11.6 Å². The summed E-state index contributed by atoms with van der Waals surface area (Å²) in [6.07, 6.45) is 3.69. The largest absolute Gasteiger partial charge is 0.461 e. The van der Waals surface area contributed by atoms with Crippen LogP contribution in [0.3, 0.4) is 0 Å². The Balaban J connectivity index is 1.57. The molecular formula is C14H14ClN3O2. The number of piperidine rings is 1. The first-order chi connectivity index (χ1) is 9.70. The van der Waals surface area contributed by atoms with Gasteiger partial charge in [-0.15, -0.1) is 0 Å². The molecule has 1 aliphatic heterocycles. The summed E-state index contributed by atoms with van der Waals surface area (Å²) in [6.45, 7) is 0.991. The van der Waals surface area contributed by atoms with Crippen LogP contribution in [0.5, 0.6) is 0 Å². The zero-order valence-corrected chi connectivity index (χ0v) is 11.5. The van der Waals surface area contributed by atoms with E-state index in [9.17, 15) is 4.79 Å². The number of rotatable bonds is 2. The lowest BCUT2D eigenvalue weighted by Crippen LogP contribution is -2.44. The second kappa shape index (κ2) is 4.46. The highest BCUT2D eigenvalue weighted by Gasteiger charge is 2.40. The average Bonchev–Trinajstić information content (AvgIpc) is 3.13. The number of nitrogens with zero attached hydrogens (tertiary/aromatic N) is 1. The summed E-state index contributed by atoms with van der Waals surface area (Å²) in [5, 5.41) is 7.53. The zero-order valence-electron chi connectivity index (χ0n) is 10.7. The summed E-state index contributed by atoms with van der Waals surface area (Å²) >= 11 is 6.03. The van der Waals surface area contributed by atoms with Crippen LogP contribution in [0.25, 0.3) is 11.0 Å². The van der Waals surface area contributed by atoms with E-state index >= 15 is 0 Å². The van der Waals surface area contributed by atoms with E-state index in [1.807, 2.05) is 0 Å². The van der Waals surface area contributed by atoms with Crippen molar-refractivity contribution in [2.45, 2.75) is 24.9 Å². The average molecular weight is 292 g/mol. The minimum atomic E-state index is -0.160. The van der Waals surface area contributed by atoms with Crippen LogP contribution in [-0.2, 0) is 0 Å². The zero-order chi connectivity index (χ0) is 13.7. The molecule has 20 heavy (non-hydrogen) atoms. The number of nitrogens with one attached hydrogen (secondary N) is 2. The van der Waals surface area contributed by atoms with E-state index in [0.29, 0.717) is 23.2 Å². The fourth-order valence-corrected chi connectivity index (χ4v) is 3.55. The van der Waals surface area contributed by atoms with Crippen LogP contribution in [0.2, 0.25) is 5.15 Å². The van der Waals surface area contributed by atoms with Crippen LogP contribution in [0, 0.1) is 5.92 Å². The summed E-state index contributed by atoms with van der Waals surface area (Å²) < 4.78 is 5.22. The molecule has 1 aliphatic carbocycles. The molecule has 0 aromatic carbocycles. The molecule has 2 fully saturated rings. The van der Waals surface area contributed by atoms with Crippen LogP contribution in [-0.4, -0.2) is 29.5 Å². The first-order valence-corrected chi connectivity index (χ1v) is 7.16. The molecule has 6 heteroatoms. The molecule has 2 N–H and O–H groups in total. The maximum atomic E-state index is 12.3. The van der Waals surface area contributed by atoms with E-state index in [0.717, 1.165) is 24.8 Å². The van der Waals surface area contributed by atoms with Gasteiger partial charge >= 0.3 is 0 Å². The number of furan rings is 1. The molecule has 4 rings (SSSR count). The quantitative estimate of drug-likeness (QED) is 0.830. The topological polar surface area (TPSA) is 67.2 Å². The lowest BCUT2D eigenvalue weighted by atomic mass is 10.0.